The summed E-state index contributed by atoms with van der Waals surface area (Å²) in [7, 11) is 0. The van der Waals surface area contributed by atoms with Crippen molar-refractivity contribution >= 4 is 0 Å². The average Bonchev–Trinajstić information content (AvgIpc) is 2.49. The summed E-state index contributed by atoms with van der Waals surface area (Å²) in [6, 6.07) is 10.0. The van der Waals surface area contributed by atoms with Gasteiger partial charge in [0.15, 0.2) is 0 Å². The van der Waals surface area contributed by atoms with E-state index in [2.05, 4.69) is 6.92 Å². The van der Waals surface area contributed by atoms with Crippen molar-refractivity contribution in [2.24, 2.45) is 17.1 Å². The Morgan fingerprint density at radius 3 is 2.42 bits per heavy atom. The second-order valence-corrected chi connectivity index (χ2v) is 6.11. The van der Waals surface area contributed by atoms with E-state index in [1.165, 1.54) is 25.7 Å². The molecule has 0 saturated heterocycles. The molecule has 1 atom stereocenters. The number of aliphatic hydroxyl groups excluding tert-OH is 1. The van der Waals surface area contributed by atoms with Gasteiger partial charge in [0.1, 0.15) is 0 Å². The fourth-order valence-electron chi connectivity index (χ4n) is 3.53. The zero-order valence-corrected chi connectivity index (χ0v) is 12.0. The van der Waals surface area contributed by atoms with Crippen LogP contribution in [-0.4, -0.2) is 11.7 Å². The Hall–Kier alpha value is -0.860. The van der Waals surface area contributed by atoms with Crippen molar-refractivity contribution in [2.45, 2.75) is 51.6 Å². The molecule has 106 valence electrons. The molecule has 0 heterocycles. The minimum atomic E-state index is -0.415. The normalized spacial score (nSPS) is 29.1. The summed E-state index contributed by atoms with van der Waals surface area (Å²) in [5.41, 5.74) is 6.95. The minimum absolute atomic E-state index is 0.106. The summed E-state index contributed by atoms with van der Waals surface area (Å²) in [6.45, 7) is 2.84. The molecule has 1 unspecified atom stereocenters. The van der Waals surface area contributed by atoms with Crippen LogP contribution in [0.5, 0.6) is 0 Å². The third kappa shape index (κ3) is 3.18. The summed E-state index contributed by atoms with van der Waals surface area (Å²) in [5, 5.41) is 10.7. The first-order chi connectivity index (χ1) is 9.22. The second kappa shape index (κ2) is 6.53. The number of aliphatic hydroxyl groups is 1. The highest BCUT2D eigenvalue weighted by Crippen LogP contribution is 2.47. The molecule has 1 aromatic rings. The molecular formula is C17H27NO. The monoisotopic (exact) mass is 261 g/mol. The molecule has 0 aromatic heterocycles. The molecular weight excluding hydrogens is 234 g/mol. The Balaban J connectivity index is 2.07. The zero-order chi connectivity index (χ0) is 13.7. The smallest absolute Gasteiger partial charge is 0.0858 e. The van der Waals surface area contributed by atoms with Crippen molar-refractivity contribution in [2.75, 3.05) is 6.54 Å². The molecule has 1 aromatic carbocycles. The maximum absolute atomic E-state index is 10.7. The van der Waals surface area contributed by atoms with E-state index in [1.807, 2.05) is 30.3 Å². The van der Waals surface area contributed by atoms with E-state index in [1.54, 1.807) is 0 Å². The van der Waals surface area contributed by atoms with Gasteiger partial charge in [-0.3, -0.25) is 0 Å². The van der Waals surface area contributed by atoms with Gasteiger partial charge < -0.3 is 10.8 Å². The SMILES string of the molecule is CCCC1CCC(CN)(C(O)c2ccccc2)CC1. The minimum Gasteiger partial charge on any atom is -0.388 e. The molecule has 0 bridgehead atoms. The van der Waals surface area contributed by atoms with Crippen LogP contribution in [0.3, 0.4) is 0 Å². The molecule has 1 aliphatic carbocycles. The van der Waals surface area contributed by atoms with Gasteiger partial charge in [0.25, 0.3) is 0 Å². The van der Waals surface area contributed by atoms with E-state index in [0.717, 1.165) is 24.3 Å². The van der Waals surface area contributed by atoms with E-state index >= 15 is 0 Å². The number of rotatable bonds is 5. The van der Waals surface area contributed by atoms with Gasteiger partial charge in [-0.2, -0.15) is 0 Å². The van der Waals surface area contributed by atoms with E-state index in [9.17, 15) is 5.11 Å². The Labute approximate surface area is 117 Å². The standard InChI is InChI=1S/C17H27NO/c1-2-6-14-9-11-17(13-18,12-10-14)16(19)15-7-4-3-5-8-15/h3-5,7-8,14,16,19H,2,6,9-13,18H2,1H3. The number of nitrogens with two attached hydrogens (primary N) is 1. The maximum atomic E-state index is 10.7. The largest absolute Gasteiger partial charge is 0.388 e. The van der Waals surface area contributed by atoms with Crippen molar-refractivity contribution < 1.29 is 5.11 Å². The van der Waals surface area contributed by atoms with Gasteiger partial charge in [-0.15, -0.1) is 0 Å². The van der Waals surface area contributed by atoms with Gasteiger partial charge >= 0.3 is 0 Å². The van der Waals surface area contributed by atoms with Gasteiger partial charge in [-0.1, -0.05) is 50.1 Å². The first kappa shape index (κ1) is 14.5. The van der Waals surface area contributed by atoms with Crippen LogP contribution in [0.4, 0.5) is 0 Å². The predicted molar refractivity (Wildman–Crippen MR) is 79.8 cm³/mol. The molecule has 19 heavy (non-hydrogen) atoms. The van der Waals surface area contributed by atoms with Crippen molar-refractivity contribution in [3.63, 3.8) is 0 Å². The number of hydrogen-bond donors (Lipinski definition) is 2. The second-order valence-electron chi connectivity index (χ2n) is 6.11. The molecule has 3 N–H and O–H groups in total. The quantitative estimate of drug-likeness (QED) is 0.849. The lowest BCUT2D eigenvalue weighted by atomic mass is 9.65. The lowest BCUT2D eigenvalue weighted by molar-refractivity contribution is -0.0108. The van der Waals surface area contributed by atoms with Crippen LogP contribution < -0.4 is 5.73 Å². The van der Waals surface area contributed by atoms with E-state index in [4.69, 9.17) is 5.73 Å². The highest BCUT2D eigenvalue weighted by molar-refractivity contribution is 5.20. The third-order valence-electron chi connectivity index (χ3n) is 4.90. The average molecular weight is 261 g/mol. The Morgan fingerprint density at radius 2 is 1.89 bits per heavy atom. The number of hydrogen-bond acceptors (Lipinski definition) is 2. The van der Waals surface area contributed by atoms with Crippen LogP contribution in [0.15, 0.2) is 30.3 Å². The highest BCUT2D eigenvalue weighted by Gasteiger charge is 2.40. The molecule has 0 spiro atoms. The van der Waals surface area contributed by atoms with Crippen LogP contribution >= 0.6 is 0 Å². The predicted octanol–water partition coefficient (Wildman–Crippen LogP) is 3.66. The summed E-state index contributed by atoms with van der Waals surface area (Å²) in [4.78, 5) is 0. The molecule has 1 saturated carbocycles. The summed E-state index contributed by atoms with van der Waals surface area (Å²) >= 11 is 0. The molecule has 1 fully saturated rings. The first-order valence-electron chi connectivity index (χ1n) is 7.65. The van der Waals surface area contributed by atoms with Gasteiger partial charge in [-0.25, -0.2) is 0 Å². The first-order valence-corrected chi connectivity index (χ1v) is 7.65. The molecule has 2 heteroatoms. The number of benzene rings is 1. The third-order valence-corrected chi connectivity index (χ3v) is 4.90. The van der Waals surface area contributed by atoms with Crippen LogP contribution in [0.1, 0.15) is 57.1 Å². The maximum Gasteiger partial charge on any atom is 0.0858 e. The molecule has 2 rings (SSSR count). The Kier molecular flexibility index (Phi) is 5.00. The highest BCUT2D eigenvalue weighted by atomic mass is 16.3. The molecule has 0 radical (unpaired) electrons. The summed E-state index contributed by atoms with van der Waals surface area (Å²) < 4.78 is 0. The van der Waals surface area contributed by atoms with Crippen LogP contribution in [-0.2, 0) is 0 Å². The van der Waals surface area contributed by atoms with E-state index < -0.39 is 6.10 Å². The van der Waals surface area contributed by atoms with Gasteiger partial charge in [0.2, 0.25) is 0 Å². The fraction of sp³-hybridized carbons (Fsp3) is 0.647. The van der Waals surface area contributed by atoms with Gasteiger partial charge in [0, 0.05) is 12.0 Å². The molecule has 2 nitrogen and oxygen atoms in total. The lowest BCUT2D eigenvalue weighted by Crippen LogP contribution is -2.40. The molecule has 1 aliphatic rings. The zero-order valence-electron chi connectivity index (χ0n) is 12.0. The summed E-state index contributed by atoms with van der Waals surface area (Å²) in [6.07, 6.45) is 6.73. The topological polar surface area (TPSA) is 46.2 Å². The fourth-order valence-corrected chi connectivity index (χ4v) is 3.53. The van der Waals surface area contributed by atoms with Gasteiger partial charge in [-0.05, 0) is 37.2 Å². The molecule has 0 amide bonds. The van der Waals surface area contributed by atoms with Crippen molar-refractivity contribution in [1.82, 2.24) is 0 Å². The Bertz CT molecular complexity index is 368. The van der Waals surface area contributed by atoms with Crippen LogP contribution in [0, 0.1) is 11.3 Å². The summed E-state index contributed by atoms with van der Waals surface area (Å²) in [5.74, 6) is 0.840. The Morgan fingerprint density at radius 1 is 1.26 bits per heavy atom. The van der Waals surface area contributed by atoms with E-state index in [-0.39, 0.29) is 5.41 Å². The van der Waals surface area contributed by atoms with Crippen molar-refractivity contribution in [1.29, 1.82) is 0 Å². The van der Waals surface area contributed by atoms with E-state index in [0.29, 0.717) is 6.54 Å². The van der Waals surface area contributed by atoms with Gasteiger partial charge in [0.05, 0.1) is 6.10 Å². The van der Waals surface area contributed by atoms with Crippen LogP contribution in [0.25, 0.3) is 0 Å². The van der Waals surface area contributed by atoms with Crippen molar-refractivity contribution in [3.05, 3.63) is 35.9 Å². The van der Waals surface area contributed by atoms with Crippen LogP contribution in [0.2, 0.25) is 0 Å². The molecule has 0 aliphatic heterocycles. The van der Waals surface area contributed by atoms with Crippen molar-refractivity contribution in [3.8, 4) is 0 Å². The lowest BCUT2D eigenvalue weighted by Gasteiger charge is -2.43.